The lowest BCUT2D eigenvalue weighted by Crippen LogP contribution is -2.39. The fourth-order valence-electron chi connectivity index (χ4n) is 4.01. The smallest absolute Gasteiger partial charge is 0.252 e. The van der Waals surface area contributed by atoms with Crippen molar-refractivity contribution < 1.29 is 4.79 Å². The van der Waals surface area contributed by atoms with E-state index >= 15 is 0 Å². The molecule has 1 saturated heterocycles. The first-order chi connectivity index (χ1) is 14.1. The molecule has 6 heteroatoms. The van der Waals surface area contributed by atoms with Crippen LogP contribution in [0.2, 0.25) is 4.34 Å². The van der Waals surface area contributed by atoms with Gasteiger partial charge in [-0.05, 0) is 57.0 Å². The Labute approximate surface area is 180 Å². The van der Waals surface area contributed by atoms with E-state index in [1.807, 2.05) is 42.5 Å². The van der Waals surface area contributed by atoms with Gasteiger partial charge in [-0.15, -0.1) is 11.3 Å². The van der Waals surface area contributed by atoms with Crippen molar-refractivity contribution in [1.82, 2.24) is 15.2 Å². The van der Waals surface area contributed by atoms with Crippen molar-refractivity contribution in [2.45, 2.75) is 38.6 Å². The summed E-state index contributed by atoms with van der Waals surface area (Å²) in [4.78, 5) is 21.2. The van der Waals surface area contributed by atoms with Crippen LogP contribution < -0.4 is 5.32 Å². The Balaban J connectivity index is 1.47. The van der Waals surface area contributed by atoms with E-state index in [1.54, 1.807) is 0 Å². The van der Waals surface area contributed by atoms with Crippen molar-refractivity contribution in [3.05, 3.63) is 52.4 Å². The van der Waals surface area contributed by atoms with E-state index in [2.05, 4.69) is 17.1 Å². The zero-order chi connectivity index (χ0) is 20.2. The molecule has 1 atom stereocenters. The van der Waals surface area contributed by atoms with Crippen LogP contribution in [0.5, 0.6) is 0 Å². The summed E-state index contributed by atoms with van der Waals surface area (Å²) < 4.78 is 0.716. The van der Waals surface area contributed by atoms with Crippen LogP contribution in [0.1, 0.15) is 43.0 Å². The van der Waals surface area contributed by atoms with E-state index in [1.165, 1.54) is 37.1 Å². The molecule has 1 aromatic carbocycles. The molecule has 0 saturated carbocycles. The fraction of sp³-hybridized carbons (Fsp3) is 0.391. The van der Waals surface area contributed by atoms with Crippen LogP contribution in [0.15, 0.2) is 42.5 Å². The van der Waals surface area contributed by atoms with E-state index in [0.29, 0.717) is 22.5 Å². The normalized spacial score (nSPS) is 17.5. The number of fused-ring (bicyclic) bond motifs is 1. The molecule has 0 radical (unpaired) electrons. The first kappa shape index (κ1) is 20.3. The number of likely N-dealkylation sites (tertiary alicyclic amines) is 1. The Bertz CT molecular complexity index is 1000. The maximum Gasteiger partial charge on any atom is 0.252 e. The lowest BCUT2D eigenvalue weighted by atomic mass is 10.0. The lowest BCUT2D eigenvalue weighted by molar-refractivity contribution is 0.0950. The molecule has 4 rings (SSSR count). The summed E-state index contributed by atoms with van der Waals surface area (Å²) >= 11 is 7.57. The van der Waals surface area contributed by atoms with E-state index in [9.17, 15) is 4.79 Å². The van der Waals surface area contributed by atoms with Crippen LogP contribution in [0.4, 0.5) is 0 Å². The zero-order valence-corrected chi connectivity index (χ0v) is 18.2. The SMILES string of the molecule is C[C@H]1CCCCN1CCCNC(=O)c1cc(-c2ccc(Cl)s2)nc2ccccc12. The third-order valence-electron chi connectivity index (χ3n) is 5.63. The Kier molecular flexibility index (Phi) is 6.48. The van der Waals surface area contributed by atoms with Gasteiger partial charge in [-0.2, -0.15) is 0 Å². The zero-order valence-electron chi connectivity index (χ0n) is 16.7. The highest BCUT2D eigenvalue weighted by Crippen LogP contribution is 2.32. The molecule has 0 aliphatic carbocycles. The molecule has 0 spiro atoms. The van der Waals surface area contributed by atoms with Crippen LogP contribution in [0, 0.1) is 0 Å². The van der Waals surface area contributed by atoms with Crippen LogP contribution in [-0.2, 0) is 0 Å². The van der Waals surface area contributed by atoms with E-state index in [0.717, 1.165) is 34.4 Å². The monoisotopic (exact) mass is 427 g/mol. The van der Waals surface area contributed by atoms with Crippen LogP contribution in [-0.4, -0.2) is 41.5 Å². The highest BCUT2D eigenvalue weighted by atomic mass is 35.5. The maximum absolute atomic E-state index is 13.0. The summed E-state index contributed by atoms with van der Waals surface area (Å²) in [6.07, 6.45) is 4.87. The van der Waals surface area contributed by atoms with Gasteiger partial charge < -0.3 is 10.2 Å². The third kappa shape index (κ3) is 4.80. The number of para-hydroxylation sites is 1. The highest BCUT2D eigenvalue weighted by Gasteiger charge is 2.18. The minimum absolute atomic E-state index is 0.0424. The molecule has 4 nitrogen and oxygen atoms in total. The van der Waals surface area contributed by atoms with Crippen LogP contribution >= 0.6 is 22.9 Å². The second-order valence-corrected chi connectivity index (χ2v) is 9.38. The predicted molar refractivity (Wildman–Crippen MR) is 122 cm³/mol. The summed E-state index contributed by atoms with van der Waals surface area (Å²) in [7, 11) is 0. The van der Waals surface area contributed by atoms with Gasteiger partial charge in [0.15, 0.2) is 0 Å². The minimum atomic E-state index is -0.0424. The van der Waals surface area contributed by atoms with Gasteiger partial charge in [-0.3, -0.25) is 4.79 Å². The molecule has 1 fully saturated rings. The number of nitrogens with one attached hydrogen (secondary N) is 1. The number of carbonyl (C=O) groups excluding carboxylic acids is 1. The molecular formula is C23H26ClN3OS. The summed E-state index contributed by atoms with van der Waals surface area (Å²) in [5, 5.41) is 3.99. The summed E-state index contributed by atoms with van der Waals surface area (Å²) in [6.45, 7) is 5.20. The van der Waals surface area contributed by atoms with Crippen molar-refractivity contribution in [2.24, 2.45) is 0 Å². The van der Waals surface area contributed by atoms with Crippen molar-refractivity contribution >= 4 is 39.7 Å². The van der Waals surface area contributed by atoms with Gasteiger partial charge in [0.2, 0.25) is 0 Å². The number of rotatable bonds is 6. The Morgan fingerprint density at radius 2 is 2.14 bits per heavy atom. The second kappa shape index (κ2) is 9.24. The number of halogens is 1. The topological polar surface area (TPSA) is 45.2 Å². The molecule has 3 aromatic rings. The number of piperidine rings is 1. The third-order valence-corrected chi connectivity index (χ3v) is 6.89. The Morgan fingerprint density at radius 1 is 1.28 bits per heavy atom. The number of thiophene rings is 1. The lowest BCUT2D eigenvalue weighted by Gasteiger charge is -2.33. The molecule has 152 valence electrons. The molecule has 1 N–H and O–H groups in total. The van der Waals surface area contributed by atoms with E-state index < -0.39 is 0 Å². The average molecular weight is 428 g/mol. The van der Waals surface area contributed by atoms with Crippen LogP contribution in [0.25, 0.3) is 21.5 Å². The van der Waals surface area contributed by atoms with Crippen molar-refractivity contribution in [1.29, 1.82) is 0 Å². The fourth-order valence-corrected chi connectivity index (χ4v) is 5.01. The summed E-state index contributed by atoms with van der Waals surface area (Å²) in [6, 6.07) is 14.1. The largest absolute Gasteiger partial charge is 0.352 e. The van der Waals surface area contributed by atoms with E-state index in [4.69, 9.17) is 16.6 Å². The van der Waals surface area contributed by atoms with Gasteiger partial charge in [0.05, 0.1) is 26.0 Å². The molecule has 0 bridgehead atoms. The number of carbonyl (C=O) groups is 1. The number of amides is 1. The van der Waals surface area contributed by atoms with Gasteiger partial charge in [-0.25, -0.2) is 4.98 Å². The average Bonchev–Trinajstić information content (AvgIpc) is 3.18. The van der Waals surface area contributed by atoms with Gasteiger partial charge >= 0.3 is 0 Å². The summed E-state index contributed by atoms with van der Waals surface area (Å²) in [5.41, 5.74) is 2.27. The maximum atomic E-state index is 13.0. The number of hydrogen-bond acceptors (Lipinski definition) is 4. The Hall–Kier alpha value is -1.95. The first-order valence-corrected chi connectivity index (χ1v) is 11.5. The number of pyridine rings is 1. The van der Waals surface area contributed by atoms with Gasteiger partial charge in [0.1, 0.15) is 0 Å². The molecule has 0 unspecified atom stereocenters. The van der Waals surface area contributed by atoms with Gasteiger partial charge in [-0.1, -0.05) is 36.2 Å². The molecule has 1 aliphatic heterocycles. The van der Waals surface area contributed by atoms with E-state index in [-0.39, 0.29) is 5.91 Å². The number of hydrogen-bond donors (Lipinski definition) is 1. The van der Waals surface area contributed by atoms with Crippen molar-refractivity contribution in [2.75, 3.05) is 19.6 Å². The Morgan fingerprint density at radius 3 is 2.93 bits per heavy atom. The number of nitrogens with zero attached hydrogens (tertiary/aromatic N) is 2. The number of aromatic nitrogens is 1. The standard InChI is InChI=1S/C23H26ClN3OS/c1-16-7-4-5-13-27(16)14-6-12-25-23(28)18-15-20(21-10-11-22(24)29-21)26-19-9-3-2-8-17(18)19/h2-3,8-11,15-16H,4-7,12-14H2,1H3,(H,25,28)/t16-/m0/s1. The molecular weight excluding hydrogens is 402 g/mol. The first-order valence-electron chi connectivity index (χ1n) is 10.3. The highest BCUT2D eigenvalue weighted by molar-refractivity contribution is 7.19. The molecule has 1 amide bonds. The second-order valence-electron chi connectivity index (χ2n) is 7.67. The van der Waals surface area contributed by atoms with Crippen LogP contribution in [0.3, 0.4) is 0 Å². The minimum Gasteiger partial charge on any atom is -0.352 e. The van der Waals surface area contributed by atoms with Gasteiger partial charge in [0, 0.05) is 24.5 Å². The molecule has 3 heterocycles. The molecule has 29 heavy (non-hydrogen) atoms. The predicted octanol–water partition coefficient (Wildman–Crippen LogP) is 5.61. The molecule has 2 aromatic heterocycles. The van der Waals surface area contributed by atoms with Crippen molar-refractivity contribution in [3.63, 3.8) is 0 Å². The number of benzene rings is 1. The molecule has 1 aliphatic rings. The quantitative estimate of drug-likeness (QED) is 0.520. The van der Waals surface area contributed by atoms with Crippen molar-refractivity contribution in [3.8, 4) is 10.6 Å². The summed E-state index contributed by atoms with van der Waals surface area (Å²) in [5.74, 6) is -0.0424. The van der Waals surface area contributed by atoms with Gasteiger partial charge in [0.25, 0.3) is 5.91 Å².